The number of amides is 2. The first-order chi connectivity index (χ1) is 9.83. The van der Waals surface area contributed by atoms with Gasteiger partial charge in [0, 0.05) is 19.3 Å². The highest BCUT2D eigenvalue weighted by atomic mass is 19.4. The van der Waals surface area contributed by atoms with Crippen molar-refractivity contribution in [2.75, 3.05) is 13.1 Å². The third-order valence-corrected chi connectivity index (χ3v) is 3.38. The normalized spacial score (nSPS) is 19.5. The number of nitrogens with one attached hydrogen (secondary N) is 1. The molecular weight excluding hydrogens is 287 g/mol. The van der Waals surface area contributed by atoms with Gasteiger partial charge in [-0.3, -0.25) is 9.59 Å². The van der Waals surface area contributed by atoms with Gasteiger partial charge in [-0.15, -0.1) is 0 Å². The van der Waals surface area contributed by atoms with Crippen LogP contribution in [0.3, 0.4) is 0 Å². The zero-order chi connectivity index (χ0) is 15.6. The summed E-state index contributed by atoms with van der Waals surface area (Å²) >= 11 is 0. The number of halogens is 3. The van der Waals surface area contributed by atoms with Gasteiger partial charge in [0.25, 0.3) is 5.91 Å². The van der Waals surface area contributed by atoms with Gasteiger partial charge in [0.05, 0.1) is 0 Å². The van der Waals surface area contributed by atoms with Gasteiger partial charge in [0.15, 0.2) is 0 Å². The molecule has 1 saturated heterocycles. The van der Waals surface area contributed by atoms with Crippen LogP contribution in [-0.2, 0) is 11.3 Å². The summed E-state index contributed by atoms with van der Waals surface area (Å²) in [7, 11) is 0. The molecule has 116 valence electrons. The van der Waals surface area contributed by atoms with E-state index in [9.17, 15) is 22.8 Å². The predicted molar refractivity (Wildman–Crippen MR) is 68.6 cm³/mol. The molecule has 2 amide bonds. The summed E-state index contributed by atoms with van der Waals surface area (Å²) in [6, 6.07) is 2.09. The zero-order valence-corrected chi connectivity index (χ0v) is 11.5. The first-order valence-corrected chi connectivity index (χ1v) is 6.64. The molecule has 8 heteroatoms. The molecule has 0 aliphatic carbocycles. The number of nitrogens with zero attached hydrogens (tertiary/aromatic N) is 2. The standard InChI is InChI=1S/C13H16F3N3O2/c1-2-9-11(20)17-5-7-19(9)12(21)10-4-3-6-18(10)8-13(14,15)16/h3-4,6,9H,2,5,7-8H2,1H3,(H,17,20). The Balaban J connectivity index is 2.23. The van der Waals surface area contributed by atoms with Crippen LogP contribution >= 0.6 is 0 Å². The largest absolute Gasteiger partial charge is 0.406 e. The maximum Gasteiger partial charge on any atom is 0.406 e. The number of alkyl halides is 3. The van der Waals surface area contributed by atoms with Crippen LogP contribution in [0, 0.1) is 0 Å². The monoisotopic (exact) mass is 303 g/mol. The molecule has 0 bridgehead atoms. The fourth-order valence-electron chi connectivity index (χ4n) is 2.45. The first kappa shape index (κ1) is 15.4. The number of rotatable bonds is 3. The number of hydrogen-bond donors (Lipinski definition) is 1. The molecule has 0 saturated carbocycles. The second-order valence-corrected chi connectivity index (χ2v) is 4.85. The fourth-order valence-corrected chi connectivity index (χ4v) is 2.45. The lowest BCUT2D eigenvalue weighted by Crippen LogP contribution is -2.57. The molecular formula is C13H16F3N3O2. The van der Waals surface area contributed by atoms with Crippen LogP contribution < -0.4 is 5.32 Å². The maximum atomic E-state index is 12.5. The quantitative estimate of drug-likeness (QED) is 0.918. The van der Waals surface area contributed by atoms with Crippen molar-refractivity contribution in [3.05, 3.63) is 24.0 Å². The van der Waals surface area contributed by atoms with Gasteiger partial charge in [-0.25, -0.2) is 0 Å². The van der Waals surface area contributed by atoms with E-state index in [4.69, 9.17) is 0 Å². The van der Waals surface area contributed by atoms with Crippen LogP contribution in [-0.4, -0.2) is 46.6 Å². The average molecular weight is 303 g/mol. The van der Waals surface area contributed by atoms with Crippen LogP contribution in [0.5, 0.6) is 0 Å². The Morgan fingerprint density at radius 1 is 1.48 bits per heavy atom. The zero-order valence-electron chi connectivity index (χ0n) is 11.5. The lowest BCUT2D eigenvalue weighted by Gasteiger charge is -2.34. The minimum atomic E-state index is -4.41. The second-order valence-electron chi connectivity index (χ2n) is 4.85. The van der Waals surface area contributed by atoms with E-state index < -0.39 is 24.7 Å². The third-order valence-electron chi connectivity index (χ3n) is 3.38. The summed E-state index contributed by atoms with van der Waals surface area (Å²) < 4.78 is 38.4. The topological polar surface area (TPSA) is 54.3 Å². The van der Waals surface area contributed by atoms with Crippen molar-refractivity contribution in [3.8, 4) is 0 Å². The highest BCUT2D eigenvalue weighted by Crippen LogP contribution is 2.21. The summed E-state index contributed by atoms with van der Waals surface area (Å²) in [6.45, 7) is 1.13. The van der Waals surface area contributed by atoms with Crippen molar-refractivity contribution in [1.82, 2.24) is 14.8 Å². The van der Waals surface area contributed by atoms with Gasteiger partial charge in [-0.05, 0) is 18.6 Å². The number of hydrogen-bond acceptors (Lipinski definition) is 2. The molecule has 1 atom stereocenters. The average Bonchev–Trinajstić information content (AvgIpc) is 2.83. The molecule has 1 N–H and O–H groups in total. The van der Waals surface area contributed by atoms with Gasteiger partial charge >= 0.3 is 6.18 Å². The number of piperazine rings is 1. The number of carbonyl (C=O) groups is 2. The van der Waals surface area contributed by atoms with Crippen LogP contribution in [0.25, 0.3) is 0 Å². The van der Waals surface area contributed by atoms with Crippen molar-refractivity contribution in [1.29, 1.82) is 0 Å². The molecule has 0 spiro atoms. The van der Waals surface area contributed by atoms with E-state index in [-0.39, 0.29) is 11.6 Å². The lowest BCUT2D eigenvalue weighted by molar-refractivity contribution is -0.140. The summed E-state index contributed by atoms with van der Waals surface area (Å²) in [4.78, 5) is 25.5. The van der Waals surface area contributed by atoms with E-state index in [2.05, 4.69) is 5.32 Å². The third kappa shape index (κ3) is 3.37. The van der Waals surface area contributed by atoms with Gasteiger partial charge in [-0.2, -0.15) is 13.2 Å². The van der Waals surface area contributed by atoms with Crippen molar-refractivity contribution in [3.63, 3.8) is 0 Å². The molecule has 1 aromatic heterocycles. The molecule has 1 aromatic rings. The summed E-state index contributed by atoms with van der Waals surface area (Å²) in [5.41, 5.74) is -0.0551. The van der Waals surface area contributed by atoms with Crippen molar-refractivity contribution < 1.29 is 22.8 Å². The number of carbonyl (C=O) groups excluding carboxylic acids is 2. The highest BCUT2D eigenvalue weighted by Gasteiger charge is 2.35. The van der Waals surface area contributed by atoms with Gasteiger partial charge in [0.2, 0.25) is 5.91 Å². The van der Waals surface area contributed by atoms with Crippen LogP contribution in [0.1, 0.15) is 23.8 Å². The minimum absolute atomic E-state index is 0.0551. The van der Waals surface area contributed by atoms with Crippen LogP contribution in [0.4, 0.5) is 13.2 Å². The van der Waals surface area contributed by atoms with Crippen molar-refractivity contribution in [2.45, 2.75) is 32.1 Å². The number of aromatic nitrogens is 1. The maximum absolute atomic E-state index is 12.5. The molecule has 21 heavy (non-hydrogen) atoms. The summed E-state index contributed by atoms with van der Waals surface area (Å²) in [5, 5.41) is 2.65. The van der Waals surface area contributed by atoms with Gasteiger partial charge < -0.3 is 14.8 Å². The fraction of sp³-hybridized carbons (Fsp3) is 0.538. The highest BCUT2D eigenvalue weighted by molar-refractivity contribution is 5.97. The lowest BCUT2D eigenvalue weighted by atomic mass is 10.1. The van der Waals surface area contributed by atoms with E-state index >= 15 is 0 Å². The molecule has 1 aliphatic rings. The van der Waals surface area contributed by atoms with E-state index in [1.54, 1.807) is 6.92 Å². The van der Waals surface area contributed by atoms with Crippen molar-refractivity contribution in [2.24, 2.45) is 0 Å². The minimum Gasteiger partial charge on any atom is -0.353 e. The Labute approximate surface area is 119 Å². The van der Waals surface area contributed by atoms with Crippen molar-refractivity contribution >= 4 is 11.8 Å². The smallest absolute Gasteiger partial charge is 0.353 e. The Kier molecular flexibility index (Phi) is 4.24. The van der Waals surface area contributed by atoms with E-state index in [0.717, 1.165) is 4.57 Å². The van der Waals surface area contributed by atoms with E-state index in [1.807, 2.05) is 0 Å². The summed E-state index contributed by atoms with van der Waals surface area (Å²) in [5.74, 6) is -0.822. The molecule has 0 aromatic carbocycles. The molecule has 2 heterocycles. The Morgan fingerprint density at radius 3 is 2.81 bits per heavy atom. The van der Waals surface area contributed by atoms with Crippen LogP contribution in [0.15, 0.2) is 18.3 Å². The van der Waals surface area contributed by atoms with E-state index in [0.29, 0.717) is 19.5 Å². The second kappa shape index (κ2) is 5.79. The molecule has 5 nitrogen and oxygen atoms in total. The Hall–Kier alpha value is -1.99. The molecule has 2 rings (SSSR count). The first-order valence-electron chi connectivity index (χ1n) is 6.64. The summed E-state index contributed by atoms with van der Waals surface area (Å²) in [6.07, 6.45) is -2.78. The van der Waals surface area contributed by atoms with E-state index in [1.165, 1.54) is 23.2 Å². The SMILES string of the molecule is CCC1C(=O)NCCN1C(=O)c1cccn1CC(F)(F)F. The molecule has 0 radical (unpaired) electrons. The van der Waals surface area contributed by atoms with Gasteiger partial charge in [-0.1, -0.05) is 6.92 Å². The molecule has 1 unspecified atom stereocenters. The Morgan fingerprint density at radius 2 is 2.19 bits per heavy atom. The molecule has 1 fully saturated rings. The van der Waals surface area contributed by atoms with Crippen LogP contribution in [0.2, 0.25) is 0 Å². The predicted octanol–water partition coefficient (Wildman–Crippen LogP) is 1.40. The Bertz CT molecular complexity index is 539. The van der Waals surface area contributed by atoms with Gasteiger partial charge in [0.1, 0.15) is 18.3 Å². The molecule has 1 aliphatic heterocycles.